The average Bonchev–Trinajstić information content (AvgIpc) is 2.63. The number of hydrogen-bond acceptors (Lipinski definition) is 4. The molecule has 1 aromatic heterocycles. The SMILES string of the molecule is CCC(C)c1ccc(C(=O)Cn2nnc3ccccc3c2=O)cc1. The molecule has 0 fully saturated rings. The number of carbonyl (C=O) groups is 1. The molecular formula is C19H19N3O2. The maximum atomic E-state index is 12.4. The Kier molecular flexibility index (Phi) is 4.51. The zero-order valence-electron chi connectivity index (χ0n) is 13.8. The summed E-state index contributed by atoms with van der Waals surface area (Å²) in [7, 11) is 0. The fraction of sp³-hybridized carbons (Fsp3) is 0.263. The Bertz CT molecular complexity index is 929. The lowest BCUT2D eigenvalue weighted by atomic mass is 9.97. The van der Waals surface area contributed by atoms with Crippen LogP contribution in [0.15, 0.2) is 53.3 Å². The summed E-state index contributed by atoms with van der Waals surface area (Å²) in [6.07, 6.45) is 1.05. The zero-order chi connectivity index (χ0) is 17.1. The highest BCUT2D eigenvalue weighted by atomic mass is 16.1. The first-order valence-electron chi connectivity index (χ1n) is 8.06. The van der Waals surface area contributed by atoms with E-state index in [2.05, 4.69) is 24.2 Å². The van der Waals surface area contributed by atoms with Crippen LogP contribution in [0.4, 0.5) is 0 Å². The lowest BCUT2D eigenvalue weighted by molar-refractivity contribution is 0.0964. The molecule has 0 spiro atoms. The smallest absolute Gasteiger partial charge is 0.278 e. The fourth-order valence-corrected chi connectivity index (χ4v) is 2.59. The van der Waals surface area contributed by atoms with Crippen LogP contribution in [0, 0.1) is 0 Å². The van der Waals surface area contributed by atoms with E-state index in [4.69, 9.17) is 0 Å². The number of hydrogen-bond donors (Lipinski definition) is 0. The van der Waals surface area contributed by atoms with Gasteiger partial charge >= 0.3 is 0 Å². The molecule has 122 valence electrons. The van der Waals surface area contributed by atoms with E-state index in [1.807, 2.05) is 24.3 Å². The van der Waals surface area contributed by atoms with Gasteiger partial charge in [-0.05, 0) is 30.0 Å². The molecule has 5 nitrogen and oxygen atoms in total. The summed E-state index contributed by atoms with van der Waals surface area (Å²) in [5.41, 5.74) is 2.01. The molecule has 24 heavy (non-hydrogen) atoms. The Morgan fingerprint density at radius 1 is 1.12 bits per heavy atom. The van der Waals surface area contributed by atoms with Crippen molar-refractivity contribution in [3.05, 3.63) is 70.0 Å². The van der Waals surface area contributed by atoms with Gasteiger partial charge in [-0.1, -0.05) is 55.5 Å². The van der Waals surface area contributed by atoms with E-state index in [9.17, 15) is 9.59 Å². The number of carbonyl (C=O) groups excluding carboxylic acids is 1. The maximum Gasteiger partial charge on any atom is 0.278 e. The largest absolute Gasteiger partial charge is 0.292 e. The van der Waals surface area contributed by atoms with Gasteiger partial charge in [-0.2, -0.15) is 0 Å². The Morgan fingerprint density at radius 3 is 2.54 bits per heavy atom. The van der Waals surface area contributed by atoms with Gasteiger partial charge in [-0.25, -0.2) is 4.68 Å². The third-order valence-corrected chi connectivity index (χ3v) is 4.34. The van der Waals surface area contributed by atoms with E-state index < -0.39 is 0 Å². The Hall–Kier alpha value is -2.82. The maximum absolute atomic E-state index is 12.4. The van der Waals surface area contributed by atoms with Crippen LogP contribution in [-0.4, -0.2) is 20.8 Å². The minimum atomic E-state index is -0.301. The molecule has 0 radical (unpaired) electrons. The van der Waals surface area contributed by atoms with Crippen LogP contribution < -0.4 is 5.56 Å². The van der Waals surface area contributed by atoms with Crippen LogP contribution in [-0.2, 0) is 6.54 Å². The van der Waals surface area contributed by atoms with Gasteiger partial charge in [0, 0.05) is 5.56 Å². The molecule has 3 aromatic rings. The Balaban J connectivity index is 1.85. The second-order valence-electron chi connectivity index (χ2n) is 5.92. The number of Topliss-reactive ketones (excluding diaryl/α,β-unsaturated/α-hetero) is 1. The predicted octanol–water partition coefficient (Wildman–Crippen LogP) is 3.19. The molecule has 0 N–H and O–H groups in total. The normalized spacial score (nSPS) is 12.2. The van der Waals surface area contributed by atoms with Gasteiger partial charge in [-0.15, -0.1) is 5.10 Å². The first-order chi connectivity index (χ1) is 11.6. The highest BCUT2D eigenvalue weighted by Crippen LogP contribution is 2.19. The standard InChI is InChI=1S/C19H19N3O2/c1-3-13(2)14-8-10-15(11-9-14)18(23)12-22-19(24)16-6-4-5-7-17(16)20-21-22/h4-11,13H,3,12H2,1-2H3. The highest BCUT2D eigenvalue weighted by molar-refractivity contribution is 5.96. The van der Waals surface area contributed by atoms with Gasteiger partial charge in [-0.3, -0.25) is 9.59 Å². The average molecular weight is 321 g/mol. The first kappa shape index (κ1) is 16.1. The van der Waals surface area contributed by atoms with Gasteiger partial charge in [0.25, 0.3) is 5.56 Å². The summed E-state index contributed by atoms with van der Waals surface area (Å²) >= 11 is 0. The molecule has 1 unspecified atom stereocenters. The molecule has 0 saturated carbocycles. The molecular weight excluding hydrogens is 302 g/mol. The molecule has 0 saturated heterocycles. The van der Waals surface area contributed by atoms with Crippen LogP contribution in [0.3, 0.4) is 0 Å². The Morgan fingerprint density at radius 2 is 1.83 bits per heavy atom. The fourth-order valence-electron chi connectivity index (χ4n) is 2.59. The van der Waals surface area contributed by atoms with Gasteiger partial charge in [0.1, 0.15) is 12.1 Å². The van der Waals surface area contributed by atoms with Crippen molar-refractivity contribution in [3.8, 4) is 0 Å². The van der Waals surface area contributed by atoms with Crippen molar-refractivity contribution in [3.63, 3.8) is 0 Å². The summed E-state index contributed by atoms with van der Waals surface area (Å²) in [6, 6.07) is 14.5. The van der Waals surface area contributed by atoms with Gasteiger partial charge in [0.05, 0.1) is 5.39 Å². The van der Waals surface area contributed by atoms with Crippen LogP contribution in [0.5, 0.6) is 0 Å². The van der Waals surface area contributed by atoms with Gasteiger partial charge < -0.3 is 0 Å². The molecule has 0 aliphatic rings. The third-order valence-electron chi connectivity index (χ3n) is 4.34. The number of rotatable bonds is 5. The quantitative estimate of drug-likeness (QED) is 0.677. The molecule has 5 heteroatoms. The van der Waals surface area contributed by atoms with Crippen LogP contribution >= 0.6 is 0 Å². The van der Waals surface area contributed by atoms with Gasteiger partial charge in [0.2, 0.25) is 0 Å². The number of ketones is 1. The second-order valence-corrected chi connectivity index (χ2v) is 5.92. The lowest BCUT2D eigenvalue weighted by Crippen LogP contribution is -2.27. The molecule has 1 heterocycles. The van der Waals surface area contributed by atoms with Crippen molar-refractivity contribution in [2.24, 2.45) is 0 Å². The lowest BCUT2D eigenvalue weighted by Gasteiger charge is -2.09. The molecule has 2 aromatic carbocycles. The van der Waals surface area contributed by atoms with E-state index >= 15 is 0 Å². The van der Waals surface area contributed by atoms with Crippen LogP contribution in [0.25, 0.3) is 10.9 Å². The van der Waals surface area contributed by atoms with Crippen LogP contribution in [0.1, 0.15) is 42.1 Å². The number of benzene rings is 2. The minimum Gasteiger partial charge on any atom is -0.292 e. The zero-order valence-corrected chi connectivity index (χ0v) is 13.8. The molecule has 0 amide bonds. The van der Waals surface area contributed by atoms with Crippen molar-refractivity contribution < 1.29 is 4.79 Å². The topological polar surface area (TPSA) is 64.8 Å². The van der Waals surface area contributed by atoms with E-state index in [0.717, 1.165) is 11.1 Å². The summed E-state index contributed by atoms with van der Waals surface area (Å²) in [5, 5.41) is 8.33. The molecule has 3 rings (SSSR count). The third kappa shape index (κ3) is 3.11. The number of aromatic nitrogens is 3. The summed E-state index contributed by atoms with van der Waals surface area (Å²) in [4.78, 5) is 24.8. The van der Waals surface area contributed by atoms with Gasteiger partial charge in [0.15, 0.2) is 5.78 Å². The van der Waals surface area contributed by atoms with E-state index in [0.29, 0.717) is 22.4 Å². The van der Waals surface area contributed by atoms with Crippen molar-refractivity contribution in [2.75, 3.05) is 0 Å². The summed E-state index contributed by atoms with van der Waals surface area (Å²) < 4.78 is 1.12. The van der Waals surface area contributed by atoms with Crippen molar-refractivity contribution in [1.82, 2.24) is 15.0 Å². The number of fused-ring (bicyclic) bond motifs is 1. The molecule has 0 bridgehead atoms. The van der Waals surface area contributed by atoms with E-state index in [1.165, 1.54) is 5.56 Å². The van der Waals surface area contributed by atoms with Crippen molar-refractivity contribution in [1.29, 1.82) is 0 Å². The van der Waals surface area contributed by atoms with Crippen molar-refractivity contribution >= 4 is 16.7 Å². The summed E-state index contributed by atoms with van der Waals surface area (Å²) in [5.74, 6) is 0.306. The van der Waals surface area contributed by atoms with E-state index in [1.54, 1.807) is 24.3 Å². The highest BCUT2D eigenvalue weighted by Gasteiger charge is 2.12. The molecule has 0 aliphatic carbocycles. The Labute approximate surface area is 139 Å². The minimum absolute atomic E-state index is 0.112. The monoisotopic (exact) mass is 321 g/mol. The molecule has 1 atom stereocenters. The van der Waals surface area contributed by atoms with E-state index in [-0.39, 0.29) is 17.9 Å². The first-order valence-corrected chi connectivity index (χ1v) is 8.06. The summed E-state index contributed by atoms with van der Waals surface area (Å²) in [6.45, 7) is 4.18. The predicted molar refractivity (Wildman–Crippen MR) is 93.3 cm³/mol. The van der Waals surface area contributed by atoms with Crippen molar-refractivity contribution in [2.45, 2.75) is 32.7 Å². The van der Waals surface area contributed by atoms with Crippen LogP contribution in [0.2, 0.25) is 0 Å². The molecule has 0 aliphatic heterocycles. The number of nitrogens with zero attached hydrogens (tertiary/aromatic N) is 3. The second kappa shape index (κ2) is 6.74.